The monoisotopic (exact) mass is 538 g/mol. The topological polar surface area (TPSA) is 0 Å². The lowest BCUT2D eigenvalue weighted by atomic mass is 9.85. The van der Waals surface area contributed by atoms with Gasteiger partial charge in [-0.2, -0.15) is 0 Å². The van der Waals surface area contributed by atoms with Crippen molar-refractivity contribution in [3.63, 3.8) is 0 Å². The normalized spacial score (nSPS) is 14.5. The molecular formula is C42H26. The van der Waals surface area contributed by atoms with Crippen molar-refractivity contribution in [3.8, 4) is 33.4 Å². The molecule has 0 fully saturated rings. The molecule has 0 aromatic heterocycles. The van der Waals surface area contributed by atoms with E-state index < -0.39 is 24.2 Å². The highest BCUT2D eigenvalue weighted by atomic mass is 14.2. The number of hydrogen-bond donors (Lipinski definition) is 0. The molecule has 0 N–H and O–H groups in total. The summed E-state index contributed by atoms with van der Waals surface area (Å²) in [6.45, 7) is 0. The summed E-state index contributed by atoms with van der Waals surface area (Å²) < 4.78 is 71.5. The predicted molar refractivity (Wildman–Crippen MR) is 181 cm³/mol. The molecule has 0 atom stereocenters. The van der Waals surface area contributed by atoms with Gasteiger partial charge >= 0.3 is 0 Å². The molecule has 0 heterocycles. The predicted octanol–water partition coefficient (Wildman–Crippen LogP) is 11.9. The van der Waals surface area contributed by atoms with Gasteiger partial charge in [-0.15, -0.1) is 0 Å². The minimum absolute atomic E-state index is 0.208. The van der Waals surface area contributed by atoms with Crippen LogP contribution in [-0.4, -0.2) is 0 Å². The van der Waals surface area contributed by atoms with Crippen LogP contribution >= 0.6 is 0 Å². The summed E-state index contributed by atoms with van der Waals surface area (Å²) in [6, 6.07) is 33.1. The summed E-state index contributed by atoms with van der Waals surface area (Å²) in [5.41, 5.74) is 3.71. The smallest absolute Gasteiger partial charge is 0.0622 e. The van der Waals surface area contributed by atoms with Crippen LogP contribution in [-0.2, 0) is 0 Å². The van der Waals surface area contributed by atoms with Gasteiger partial charge in [0.05, 0.1) is 11.0 Å². The van der Waals surface area contributed by atoms with Crippen LogP contribution in [0.2, 0.25) is 0 Å². The first-order valence-electron chi connectivity index (χ1n) is 18.0. The maximum absolute atomic E-state index is 9.23. The van der Waals surface area contributed by atoms with Crippen molar-refractivity contribution in [1.82, 2.24) is 0 Å². The molecular weight excluding hydrogens is 504 g/mol. The molecule has 0 spiro atoms. The van der Waals surface area contributed by atoms with E-state index in [-0.39, 0.29) is 45.7 Å². The zero-order chi connectivity index (χ0) is 34.6. The molecule has 194 valence electrons. The standard InChI is InChI=1S/C42H26/c1-2-10-27(11-3-1)40-34-16-4-6-18-36(34)41(37-19-7-5-17-35(37)40)32-15-9-14-31(26-32)33-24-22-30-21-20-28-12-8-13-29-23-25-38(33)42(30)39(28)29/h1-26H/i4D,5D,6D,7D,16D,17D,18D,19D. The highest BCUT2D eigenvalue weighted by Gasteiger charge is 2.17. The molecule has 0 unspecified atom stereocenters. The first-order chi connectivity index (χ1) is 24.2. The molecule has 0 nitrogen and oxygen atoms in total. The number of rotatable bonds is 3. The molecule has 0 amide bonds. The molecule has 9 rings (SSSR count). The second-order valence-electron chi connectivity index (χ2n) is 10.7. The molecule has 0 bridgehead atoms. The van der Waals surface area contributed by atoms with E-state index in [9.17, 15) is 2.74 Å². The fourth-order valence-corrected chi connectivity index (χ4v) is 6.64. The first kappa shape index (κ1) is 16.7. The highest BCUT2D eigenvalue weighted by Crippen LogP contribution is 2.45. The Morgan fingerprint density at radius 3 is 1.52 bits per heavy atom. The lowest BCUT2D eigenvalue weighted by Crippen LogP contribution is -1.91. The lowest BCUT2D eigenvalue weighted by Gasteiger charge is -2.18. The van der Waals surface area contributed by atoms with Crippen LogP contribution in [0.4, 0.5) is 0 Å². The first-order valence-corrected chi connectivity index (χ1v) is 14.0. The van der Waals surface area contributed by atoms with Crippen LogP contribution < -0.4 is 0 Å². The average molecular weight is 539 g/mol. The summed E-state index contributed by atoms with van der Waals surface area (Å²) in [6.07, 6.45) is 0. The largest absolute Gasteiger partial charge is 0.0629 e. The van der Waals surface area contributed by atoms with Gasteiger partial charge in [0, 0.05) is 0 Å². The molecule has 0 aliphatic rings. The Balaban J connectivity index is 1.45. The molecule has 0 radical (unpaired) electrons. The third-order valence-corrected chi connectivity index (χ3v) is 8.43. The maximum atomic E-state index is 9.23. The minimum atomic E-state index is -0.411. The third-order valence-electron chi connectivity index (χ3n) is 8.43. The maximum Gasteiger partial charge on any atom is 0.0629 e. The van der Waals surface area contributed by atoms with Gasteiger partial charge in [0.15, 0.2) is 0 Å². The fourth-order valence-electron chi connectivity index (χ4n) is 6.64. The van der Waals surface area contributed by atoms with Gasteiger partial charge in [-0.3, -0.25) is 0 Å². The second kappa shape index (κ2) is 9.03. The van der Waals surface area contributed by atoms with Gasteiger partial charge in [0.1, 0.15) is 0 Å². The summed E-state index contributed by atoms with van der Waals surface area (Å²) in [5.74, 6) is 0. The zero-order valence-electron chi connectivity index (χ0n) is 30.4. The third kappa shape index (κ3) is 3.36. The summed E-state index contributed by atoms with van der Waals surface area (Å²) in [7, 11) is 0. The Labute approximate surface area is 255 Å². The van der Waals surface area contributed by atoms with Crippen LogP contribution in [0.25, 0.3) is 87.2 Å². The average Bonchev–Trinajstić information content (AvgIpc) is 3.15. The Bertz CT molecular complexity index is 2800. The Hall–Kier alpha value is -5.46. The van der Waals surface area contributed by atoms with E-state index in [1.807, 2.05) is 30.3 Å². The van der Waals surface area contributed by atoms with E-state index in [2.05, 4.69) is 54.6 Å². The van der Waals surface area contributed by atoms with Gasteiger partial charge in [-0.25, -0.2) is 0 Å². The molecule has 0 aliphatic heterocycles. The van der Waals surface area contributed by atoms with Gasteiger partial charge in [0.25, 0.3) is 0 Å². The summed E-state index contributed by atoms with van der Waals surface area (Å²) >= 11 is 0. The molecule has 9 aromatic rings. The Morgan fingerprint density at radius 2 is 0.857 bits per heavy atom. The fraction of sp³-hybridized carbons (Fsp3) is 0. The van der Waals surface area contributed by atoms with Crippen LogP contribution in [0.3, 0.4) is 0 Å². The lowest BCUT2D eigenvalue weighted by molar-refractivity contribution is 1.63. The summed E-state index contributed by atoms with van der Waals surface area (Å²) in [5, 5.41) is 7.71. The van der Waals surface area contributed by atoms with Crippen molar-refractivity contribution in [2.75, 3.05) is 0 Å². The van der Waals surface area contributed by atoms with Crippen LogP contribution in [0, 0.1) is 0 Å². The molecule has 0 heteroatoms. The van der Waals surface area contributed by atoms with Crippen LogP contribution in [0.15, 0.2) is 158 Å². The second-order valence-corrected chi connectivity index (χ2v) is 10.7. The molecule has 42 heavy (non-hydrogen) atoms. The van der Waals surface area contributed by atoms with Crippen LogP contribution in [0.5, 0.6) is 0 Å². The summed E-state index contributed by atoms with van der Waals surface area (Å²) in [4.78, 5) is 0. The van der Waals surface area contributed by atoms with Crippen molar-refractivity contribution in [2.24, 2.45) is 0 Å². The van der Waals surface area contributed by atoms with Crippen molar-refractivity contribution >= 4 is 53.9 Å². The number of benzene rings is 9. The molecule has 0 saturated carbocycles. The van der Waals surface area contributed by atoms with E-state index >= 15 is 0 Å². The number of hydrogen-bond acceptors (Lipinski definition) is 0. The van der Waals surface area contributed by atoms with E-state index in [0.29, 0.717) is 22.3 Å². The van der Waals surface area contributed by atoms with Gasteiger partial charge in [-0.05, 0) is 93.3 Å². The van der Waals surface area contributed by atoms with E-state index in [4.69, 9.17) is 8.22 Å². The SMILES string of the molecule is [2H]c1c([2H])c([2H])c2c(-c3cccc(-c4ccc5ccc6cccc7ccc4c5c67)c3)c3c([2H])c([2H])c([2H])c([2H])c3c(-c3ccccc3)c2c1[2H]. The minimum Gasteiger partial charge on any atom is -0.0622 e. The zero-order valence-corrected chi connectivity index (χ0v) is 22.4. The number of fused-ring (bicyclic) bond motifs is 2. The van der Waals surface area contributed by atoms with Crippen LogP contribution in [0.1, 0.15) is 11.0 Å². The van der Waals surface area contributed by atoms with E-state index in [1.54, 1.807) is 24.3 Å². The van der Waals surface area contributed by atoms with Gasteiger partial charge in [0.2, 0.25) is 0 Å². The van der Waals surface area contributed by atoms with Gasteiger partial charge < -0.3 is 0 Å². The van der Waals surface area contributed by atoms with Gasteiger partial charge in [-0.1, -0.05) is 151 Å². The quantitative estimate of drug-likeness (QED) is 0.155. The molecule has 9 aromatic carbocycles. The van der Waals surface area contributed by atoms with Crippen molar-refractivity contribution < 1.29 is 11.0 Å². The van der Waals surface area contributed by atoms with E-state index in [0.717, 1.165) is 38.1 Å². The van der Waals surface area contributed by atoms with Crippen molar-refractivity contribution in [2.45, 2.75) is 0 Å². The Morgan fingerprint density at radius 1 is 0.357 bits per heavy atom. The van der Waals surface area contributed by atoms with Crippen molar-refractivity contribution in [1.29, 1.82) is 0 Å². The molecule has 0 saturated heterocycles. The highest BCUT2D eigenvalue weighted by molar-refractivity contribution is 6.26. The Kier molecular flexibility index (Phi) is 3.59. The van der Waals surface area contributed by atoms with Crippen molar-refractivity contribution in [3.05, 3.63) is 158 Å². The van der Waals surface area contributed by atoms with E-state index in [1.165, 1.54) is 5.39 Å². The molecule has 0 aliphatic carbocycles.